The normalized spacial score (nSPS) is 11.6. The average Bonchev–Trinajstić information content (AvgIpc) is 2.42. The SMILES string of the molecule is CC(=O)C(NC(=O)COc1ccccc1C#N)C(C)C. The van der Waals surface area contributed by atoms with Gasteiger partial charge in [0.15, 0.2) is 12.4 Å². The molecule has 20 heavy (non-hydrogen) atoms. The maximum absolute atomic E-state index is 11.8. The molecule has 0 aliphatic rings. The molecule has 0 spiro atoms. The first-order valence-corrected chi connectivity index (χ1v) is 6.37. The van der Waals surface area contributed by atoms with Gasteiger partial charge in [-0.25, -0.2) is 0 Å². The number of hydrogen-bond donors (Lipinski definition) is 1. The number of hydrogen-bond acceptors (Lipinski definition) is 4. The van der Waals surface area contributed by atoms with Gasteiger partial charge in [0.25, 0.3) is 5.91 Å². The topological polar surface area (TPSA) is 79.2 Å². The van der Waals surface area contributed by atoms with Gasteiger partial charge in [-0.15, -0.1) is 0 Å². The largest absolute Gasteiger partial charge is 0.482 e. The molecule has 0 aromatic heterocycles. The Morgan fingerprint density at radius 2 is 2.00 bits per heavy atom. The smallest absolute Gasteiger partial charge is 0.258 e. The third-order valence-electron chi connectivity index (χ3n) is 2.79. The molecular weight excluding hydrogens is 256 g/mol. The zero-order chi connectivity index (χ0) is 15.1. The van der Waals surface area contributed by atoms with Crippen molar-refractivity contribution in [2.24, 2.45) is 5.92 Å². The maximum Gasteiger partial charge on any atom is 0.258 e. The fourth-order valence-corrected chi connectivity index (χ4v) is 1.78. The van der Waals surface area contributed by atoms with Crippen LogP contribution in [0.2, 0.25) is 0 Å². The molecule has 1 N–H and O–H groups in total. The highest BCUT2D eigenvalue weighted by Crippen LogP contribution is 2.16. The molecule has 106 valence electrons. The number of nitrogens with zero attached hydrogens (tertiary/aromatic N) is 1. The number of ketones is 1. The van der Waals surface area contributed by atoms with Gasteiger partial charge < -0.3 is 10.1 Å². The molecule has 0 saturated carbocycles. The Balaban J connectivity index is 2.60. The number of nitrogens with one attached hydrogen (secondary N) is 1. The average molecular weight is 274 g/mol. The summed E-state index contributed by atoms with van der Waals surface area (Å²) in [6.07, 6.45) is 0. The Morgan fingerprint density at radius 3 is 2.55 bits per heavy atom. The minimum atomic E-state index is -0.516. The number of carbonyl (C=O) groups excluding carboxylic acids is 2. The third-order valence-corrected chi connectivity index (χ3v) is 2.79. The first kappa shape index (κ1) is 15.7. The van der Waals surface area contributed by atoms with Gasteiger partial charge in [0.2, 0.25) is 0 Å². The predicted molar refractivity (Wildman–Crippen MR) is 74.1 cm³/mol. The first-order valence-electron chi connectivity index (χ1n) is 6.37. The van der Waals surface area contributed by atoms with E-state index in [1.165, 1.54) is 6.92 Å². The molecule has 1 aromatic rings. The van der Waals surface area contributed by atoms with E-state index in [1.807, 2.05) is 19.9 Å². The molecule has 0 bridgehead atoms. The molecular formula is C15H18N2O3. The second-order valence-electron chi connectivity index (χ2n) is 4.80. The molecule has 0 fully saturated rings. The quantitative estimate of drug-likeness (QED) is 0.855. The second kappa shape index (κ2) is 7.29. The monoisotopic (exact) mass is 274 g/mol. The van der Waals surface area contributed by atoms with Crippen molar-refractivity contribution in [3.05, 3.63) is 29.8 Å². The van der Waals surface area contributed by atoms with Crippen molar-refractivity contribution in [1.29, 1.82) is 5.26 Å². The number of para-hydroxylation sites is 1. The van der Waals surface area contributed by atoms with Gasteiger partial charge in [-0.1, -0.05) is 26.0 Å². The standard InChI is InChI=1S/C15H18N2O3/c1-10(2)15(11(3)18)17-14(19)9-20-13-7-5-4-6-12(13)8-16/h4-7,10,15H,9H2,1-3H3,(H,17,19). The van der Waals surface area contributed by atoms with E-state index in [-0.39, 0.29) is 24.2 Å². The van der Waals surface area contributed by atoms with Gasteiger partial charge in [0.1, 0.15) is 11.8 Å². The van der Waals surface area contributed by atoms with Crippen LogP contribution in [0.4, 0.5) is 0 Å². The zero-order valence-corrected chi connectivity index (χ0v) is 11.8. The van der Waals surface area contributed by atoms with Crippen LogP contribution in [0, 0.1) is 17.2 Å². The minimum absolute atomic E-state index is 0.0165. The third kappa shape index (κ3) is 4.39. The Bertz CT molecular complexity index is 532. The van der Waals surface area contributed by atoms with Crippen LogP contribution in [0.25, 0.3) is 0 Å². The number of nitriles is 1. The van der Waals surface area contributed by atoms with E-state index < -0.39 is 6.04 Å². The Labute approximate surface area is 118 Å². The number of Topliss-reactive ketones (excluding diaryl/α,β-unsaturated/α-hetero) is 1. The van der Waals surface area contributed by atoms with Crippen molar-refractivity contribution < 1.29 is 14.3 Å². The highest BCUT2D eigenvalue weighted by molar-refractivity contribution is 5.88. The summed E-state index contributed by atoms with van der Waals surface area (Å²) in [6, 6.07) is 8.14. The van der Waals surface area contributed by atoms with Crippen LogP contribution in [-0.2, 0) is 9.59 Å². The molecule has 0 heterocycles. The summed E-state index contributed by atoms with van der Waals surface area (Å²) in [6.45, 7) is 4.93. The Morgan fingerprint density at radius 1 is 1.35 bits per heavy atom. The van der Waals surface area contributed by atoms with Crippen molar-refractivity contribution >= 4 is 11.7 Å². The van der Waals surface area contributed by atoms with E-state index in [0.29, 0.717) is 11.3 Å². The van der Waals surface area contributed by atoms with Crippen LogP contribution in [0.15, 0.2) is 24.3 Å². The fraction of sp³-hybridized carbons (Fsp3) is 0.400. The summed E-state index contributed by atoms with van der Waals surface area (Å²) in [5.41, 5.74) is 0.368. The maximum atomic E-state index is 11.8. The van der Waals surface area contributed by atoms with Gasteiger partial charge in [0, 0.05) is 0 Å². The predicted octanol–water partition coefficient (Wildman–Crippen LogP) is 1.67. The molecule has 1 unspecified atom stereocenters. The number of carbonyl (C=O) groups is 2. The Kier molecular flexibility index (Phi) is 5.73. The van der Waals surface area contributed by atoms with Crippen LogP contribution in [0.1, 0.15) is 26.3 Å². The minimum Gasteiger partial charge on any atom is -0.482 e. The van der Waals surface area contributed by atoms with E-state index in [4.69, 9.17) is 10.00 Å². The van der Waals surface area contributed by atoms with Crippen LogP contribution in [-0.4, -0.2) is 24.3 Å². The van der Waals surface area contributed by atoms with Crippen molar-refractivity contribution in [3.8, 4) is 11.8 Å². The van der Waals surface area contributed by atoms with Gasteiger partial charge >= 0.3 is 0 Å². The van der Waals surface area contributed by atoms with Gasteiger partial charge in [-0.05, 0) is 25.0 Å². The molecule has 1 rings (SSSR count). The Hall–Kier alpha value is -2.35. The van der Waals surface area contributed by atoms with Crippen LogP contribution < -0.4 is 10.1 Å². The summed E-state index contributed by atoms with van der Waals surface area (Å²) in [5.74, 6) is -0.102. The number of amides is 1. The number of benzene rings is 1. The lowest BCUT2D eigenvalue weighted by Gasteiger charge is -2.19. The number of ether oxygens (including phenoxy) is 1. The second-order valence-corrected chi connectivity index (χ2v) is 4.80. The lowest BCUT2D eigenvalue weighted by molar-refractivity contribution is -0.129. The van der Waals surface area contributed by atoms with E-state index in [9.17, 15) is 9.59 Å². The number of rotatable bonds is 6. The fourth-order valence-electron chi connectivity index (χ4n) is 1.78. The molecule has 0 aliphatic carbocycles. The molecule has 1 aromatic carbocycles. The highest BCUT2D eigenvalue weighted by Gasteiger charge is 2.20. The van der Waals surface area contributed by atoms with Gasteiger partial charge in [-0.2, -0.15) is 5.26 Å². The lowest BCUT2D eigenvalue weighted by atomic mass is 10.0. The summed E-state index contributed by atoms with van der Waals surface area (Å²) in [5, 5.41) is 11.5. The van der Waals surface area contributed by atoms with Crippen molar-refractivity contribution in [2.75, 3.05) is 6.61 Å². The molecule has 0 aliphatic heterocycles. The van der Waals surface area contributed by atoms with Gasteiger partial charge in [-0.3, -0.25) is 9.59 Å². The van der Waals surface area contributed by atoms with Gasteiger partial charge in [0.05, 0.1) is 11.6 Å². The highest BCUT2D eigenvalue weighted by atomic mass is 16.5. The summed E-state index contributed by atoms with van der Waals surface area (Å²) in [7, 11) is 0. The molecule has 0 radical (unpaired) electrons. The molecule has 1 atom stereocenters. The first-order chi connectivity index (χ1) is 9.45. The zero-order valence-electron chi connectivity index (χ0n) is 11.8. The summed E-state index contributed by atoms with van der Waals surface area (Å²) >= 11 is 0. The van der Waals surface area contributed by atoms with Crippen LogP contribution in [0.5, 0.6) is 5.75 Å². The lowest BCUT2D eigenvalue weighted by Crippen LogP contribution is -2.45. The van der Waals surface area contributed by atoms with Crippen molar-refractivity contribution in [2.45, 2.75) is 26.8 Å². The van der Waals surface area contributed by atoms with Crippen molar-refractivity contribution in [3.63, 3.8) is 0 Å². The van der Waals surface area contributed by atoms with E-state index in [2.05, 4.69) is 5.32 Å². The van der Waals surface area contributed by atoms with E-state index in [0.717, 1.165) is 0 Å². The summed E-state index contributed by atoms with van der Waals surface area (Å²) in [4.78, 5) is 23.2. The molecule has 5 heteroatoms. The summed E-state index contributed by atoms with van der Waals surface area (Å²) < 4.78 is 5.30. The van der Waals surface area contributed by atoms with E-state index >= 15 is 0 Å². The van der Waals surface area contributed by atoms with Crippen LogP contribution in [0.3, 0.4) is 0 Å². The molecule has 0 saturated heterocycles. The van der Waals surface area contributed by atoms with Crippen LogP contribution >= 0.6 is 0 Å². The molecule has 5 nitrogen and oxygen atoms in total. The van der Waals surface area contributed by atoms with E-state index in [1.54, 1.807) is 24.3 Å². The van der Waals surface area contributed by atoms with Crippen molar-refractivity contribution in [1.82, 2.24) is 5.32 Å². The molecule has 1 amide bonds.